The molecule has 0 amide bonds. The first kappa shape index (κ1) is 12.6. The molecule has 2 heteroatoms. The maximum absolute atomic E-state index is 10.9. The minimum absolute atomic E-state index is 0.234. The highest BCUT2D eigenvalue weighted by atomic mass is 16.3. The molecule has 0 fully saturated rings. The smallest absolute Gasteiger partial charge is 0.0728 e. The Hall–Kier alpha value is -0.890. The molecular formula is C15H23NO. The molecule has 2 rings (SSSR count). The van der Waals surface area contributed by atoms with E-state index in [0.717, 1.165) is 37.8 Å². The lowest BCUT2D eigenvalue weighted by atomic mass is 9.72. The number of hydrogen-bond acceptors (Lipinski definition) is 2. The van der Waals surface area contributed by atoms with Crippen molar-refractivity contribution in [2.24, 2.45) is 0 Å². The number of hydrogen-bond donors (Lipinski definition) is 1. The zero-order chi connectivity index (χ0) is 12.3. The summed E-state index contributed by atoms with van der Waals surface area (Å²) in [5.74, 6) is 0.234. The van der Waals surface area contributed by atoms with Crippen LogP contribution >= 0.6 is 0 Å². The van der Waals surface area contributed by atoms with Gasteiger partial charge in [-0.3, -0.25) is 4.98 Å². The molecule has 0 spiro atoms. The van der Waals surface area contributed by atoms with Crippen molar-refractivity contribution >= 4 is 0 Å². The number of fused-ring (bicyclic) bond motifs is 1. The lowest BCUT2D eigenvalue weighted by molar-refractivity contribution is -0.00755. The standard InChI is InChI=1S/C15H23NO/c1-3-10-15(17,4-2)13-9-5-7-12-8-6-11-16-14(12)13/h6,8,11,13,17H,3-5,7,9-10H2,1-2H3. The third kappa shape index (κ3) is 2.37. The molecule has 0 saturated heterocycles. The van der Waals surface area contributed by atoms with Crippen LogP contribution in [0.3, 0.4) is 0 Å². The molecule has 1 aliphatic rings. The summed E-state index contributed by atoms with van der Waals surface area (Å²) in [6, 6.07) is 4.17. The fourth-order valence-corrected chi connectivity index (χ4v) is 3.16. The molecule has 0 bridgehead atoms. The van der Waals surface area contributed by atoms with Crippen molar-refractivity contribution in [3.63, 3.8) is 0 Å². The van der Waals surface area contributed by atoms with E-state index in [9.17, 15) is 5.11 Å². The number of pyridine rings is 1. The summed E-state index contributed by atoms with van der Waals surface area (Å²) in [5, 5.41) is 10.9. The van der Waals surface area contributed by atoms with Gasteiger partial charge in [-0.15, -0.1) is 0 Å². The van der Waals surface area contributed by atoms with Gasteiger partial charge in [0.1, 0.15) is 0 Å². The van der Waals surface area contributed by atoms with Crippen LogP contribution in [-0.2, 0) is 6.42 Å². The fourth-order valence-electron chi connectivity index (χ4n) is 3.16. The predicted octanol–water partition coefficient (Wildman–Crippen LogP) is 3.44. The lowest BCUT2D eigenvalue weighted by Gasteiger charge is -2.38. The molecule has 2 nitrogen and oxygen atoms in total. The van der Waals surface area contributed by atoms with Crippen LogP contribution in [0.4, 0.5) is 0 Å². The summed E-state index contributed by atoms with van der Waals surface area (Å²) in [6.45, 7) is 4.23. The van der Waals surface area contributed by atoms with Crippen molar-refractivity contribution in [1.82, 2.24) is 4.98 Å². The first-order chi connectivity index (χ1) is 8.21. The topological polar surface area (TPSA) is 33.1 Å². The van der Waals surface area contributed by atoms with Gasteiger partial charge in [-0.1, -0.05) is 26.3 Å². The Morgan fingerprint density at radius 2 is 2.29 bits per heavy atom. The molecule has 0 radical (unpaired) electrons. The van der Waals surface area contributed by atoms with E-state index in [1.807, 2.05) is 12.3 Å². The van der Waals surface area contributed by atoms with E-state index >= 15 is 0 Å². The number of nitrogens with zero attached hydrogens (tertiary/aromatic N) is 1. The van der Waals surface area contributed by atoms with E-state index in [-0.39, 0.29) is 5.92 Å². The van der Waals surface area contributed by atoms with Crippen LogP contribution in [0, 0.1) is 0 Å². The van der Waals surface area contributed by atoms with Gasteiger partial charge < -0.3 is 5.11 Å². The van der Waals surface area contributed by atoms with Crippen LogP contribution in [0.15, 0.2) is 18.3 Å². The molecular weight excluding hydrogens is 210 g/mol. The summed E-state index contributed by atoms with van der Waals surface area (Å²) in [4.78, 5) is 4.54. The average Bonchev–Trinajstić information content (AvgIpc) is 2.38. The average molecular weight is 233 g/mol. The van der Waals surface area contributed by atoms with Gasteiger partial charge >= 0.3 is 0 Å². The molecule has 17 heavy (non-hydrogen) atoms. The van der Waals surface area contributed by atoms with Gasteiger partial charge in [0.2, 0.25) is 0 Å². The molecule has 1 aromatic heterocycles. The summed E-state index contributed by atoms with van der Waals surface area (Å²) >= 11 is 0. The van der Waals surface area contributed by atoms with Crippen molar-refractivity contribution in [2.45, 2.75) is 63.9 Å². The Kier molecular flexibility index (Phi) is 3.82. The van der Waals surface area contributed by atoms with Crippen LogP contribution in [0.1, 0.15) is 63.1 Å². The largest absolute Gasteiger partial charge is 0.389 e. The Morgan fingerprint density at radius 3 is 3.00 bits per heavy atom. The molecule has 2 atom stereocenters. The summed E-state index contributed by atoms with van der Waals surface area (Å²) in [6.07, 6.45) is 7.96. The van der Waals surface area contributed by atoms with Crippen molar-refractivity contribution in [3.05, 3.63) is 29.6 Å². The van der Waals surface area contributed by atoms with Gasteiger partial charge in [-0.2, -0.15) is 0 Å². The zero-order valence-corrected chi connectivity index (χ0v) is 10.9. The van der Waals surface area contributed by atoms with E-state index in [1.54, 1.807) is 0 Å². The van der Waals surface area contributed by atoms with Gasteiger partial charge in [-0.05, 0) is 43.7 Å². The third-order valence-electron chi connectivity index (χ3n) is 4.14. The second kappa shape index (κ2) is 5.18. The highest BCUT2D eigenvalue weighted by Gasteiger charge is 2.38. The molecule has 0 saturated carbocycles. The van der Waals surface area contributed by atoms with Crippen molar-refractivity contribution in [3.8, 4) is 0 Å². The molecule has 0 aliphatic heterocycles. The molecule has 2 unspecified atom stereocenters. The number of aliphatic hydroxyl groups is 1. The van der Waals surface area contributed by atoms with Crippen molar-refractivity contribution in [1.29, 1.82) is 0 Å². The fraction of sp³-hybridized carbons (Fsp3) is 0.667. The van der Waals surface area contributed by atoms with Gasteiger partial charge in [-0.25, -0.2) is 0 Å². The van der Waals surface area contributed by atoms with E-state index in [0.29, 0.717) is 0 Å². The molecule has 1 aliphatic carbocycles. The minimum Gasteiger partial charge on any atom is -0.389 e. The first-order valence-corrected chi connectivity index (χ1v) is 6.87. The maximum atomic E-state index is 10.9. The van der Waals surface area contributed by atoms with Crippen molar-refractivity contribution < 1.29 is 5.11 Å². The van der Waals surface area contributed by atoms with Crippen LogP contribution in [0.5, 0.6) is 0 Å². The molecule has 0 aromatic carbocycles. The predicted molar refractivity (Wildman–Crippen MR) is 70.1 cm³/mol. The maximum Gasteiger partial charge on any atom is 0.0728 e. The molecule has 1 N–H and O–H groups in total. The molecule has 1 aromatic rings. The quantitative estimate of drug-likeness (QED) is 0.864. The van der Waals surface area contributed by atoms with Gasteiger partial charge in [0.15, 0.2) is 0 Å². The minimum atomic E-state index is -0.557. The second-order valence-electron chi connectivity index (χ2n) is 5.20. The lowest BCUT2D eigenvalue weighted by Crippen LogP contribution is -2.38. The summed E-state index contributed by atoms with van der Waals surface area (Å²) in [7, 11) is 0. The normalized spacial score (nSPS) is 22.9. The van der Waals surface area contributed by atoms with Crippen LogP contribution in [0.2, 0.25) is 0 Å². The van der Waals surface area contributed by atoms with Crippen molar-refractivity contribution in [2.75, 3.05) is 0 Å². The highest BCUT2D eigenvalue weighted by molar-refractivity contribution is 5.28. The Balaban J connectivity index is 2.34. The molecule has 94 valence electrons. The summed E-state index contributed by atoms with van der Waals surface area (Å²) < 4.78 is 0. The monoisotopic (exact) mass is 233 g/mol. The Labute approximate surface area is 104 Å². The van der Waals surface area contributed by atoms with Crippen LogP contribution < -0.4 is 0 Å². The SMILES string of the molecule is CCCC(O)(CC)C1CCCc2cccnc21. The second-order valence-corrected chi connectivity index (χ2v) is 5.20. The first-order valence-electron chi connectivity index (χ1n) is 6.87. The van der Waals surface area contributed by atoms with Gasteiger partial charge in [0, 0.05) is 17.8 Å². The Bertz CT molecular complexity index is 377. The highest BCUT2D eigenvalue weighted by Crippen LogP contribution is 2.41. The summed E-state index contributed by atoms with van der Waals surface area (Å²) in [5.41, 5.74) is 1.93. The van der Waals surface area contributed by atoms with E-state index < -0.39 is 5.60 Å². The Morgan fingerprint density at radius 1 is 1.47 bits per heavy atom. The number of rotatable bonds is 4. The third-order valence-corrected chi connectivity index (χ3v) is 4.14. The zero-order valence-electron chi connectivity index (χ0n) is 10.9. The molecule has 1 heterocycles. The number of aromatic nitrogens is 1. The number of aryl methyl sites for hydroxylation is 1. The van der Waals surface area contributed by atoms with E-state index in [2.05, 4.69) is 24.9 Å². The van der Waals surface area contributed by atoms with Crippen LogP contribution in [0.25, 0.3) is 0 Å². The van der Waals surface area contributed by atoms with E-state index in [4.69, 9.17) is 0 Å². The van der Waals surface area contributed by atoms with Crippen LogP contribution in [-0.4, -0.2) is 15.7 Å². The van der Waals surface area contributed by atoms with Gasteiger partial charge in [0.05, 0.1) is 5.60 Å². The van der Waals surface area contributed by atoms with E-state index in [1.165, 1.54) is 12.0 Å². The van der Waals surface area contributed by atoms with Gasteiger partial charge in [0.25, 0.3) is 0 Å².